The Bertz CT molecular complexity index is 372. The van der Waals surface area contributed by atoms with Crippen molar-refractivity contribution in [2.24, 2.45) is 0 Å². The summed E-state index contributed by atoms with van der Waals surface area (Å²) in [5.74, 6) is 0. The zero-order valence-electron chi connectivity index (χ0n) is 8.46. The lowest BCUT2D eigenvalue weighted by atomic mass is 10.2. The molecule has 4 nitrogen and oxygen atoms in total. The second-order valence-corrected chi connectivity index (χ2v) is 3.91. The van der Waals surface area contributed by atoms with Crippen LogP contribution in [0.1, 0.15) is 5.56 Å². The quantitative estimate of drug-likeness (QED) is 0.775. The van der Waals surface area contributed by atoms with Gasteiger partial charge >= 0.3 is 6.03 Å². The maximum absolute atomic E-state index is 11.2. The average Bonchev–Trinajstić information content (AvgIpc) is 2.25. The summed E-state index contributed by atoms with van der Waals surface area (Å²) in [6, 6.07) is 4.72. The van der Waals surface area contributed by atoms with Crippen LogP contribution in [0.15, 0.2) is 18.2 Å². The largest absolute Gasteiger partial charge is 0.395 e. The Labute approximate surface area is 104 Å². The van der Waals surface area contributed by atoms with Crippen molar-refractivity contribution in [3.63, 3.8) is 0 Å². The number of hydrogen-bond acceptors (Lipinski definition) is 2. The minimum Gasteiger partial charge on any atom is -0.395 e. The zero-order chi connectivity index (χ0) is 12.0. The van der Waals surface area contributed by atoms with Gasteiger partial charge < -0.3 is 15.7 Å². The molecule has 0 aromatic heterocycles. The fourth-order valence-corrected chi connectivity index (χ4v) is 1.55. The monoisotopic (exact) mass is 262 g/mol. The second-order valence-electron chi connectivity index (χ2n) is 3.07. The van der Waals surface area contributed by atoms with Crippen molar-refractivity contribution in [1.29, 1.82) is 0 Å². The summed E-state index contributed by atoms with van der Waals surface area (Å²) in [5.41, 5.74) is 0.783. The number of halogens is 2. The van der Waals surface area contributed by atoms with Crippen LogP contribution in [0, 0.1) is 0 Å². The number of aliphatic hydroxyl groups excluding tert-OH is 1. The van der Waals surface area contributed by atoms with E-state index in [1.165, 1.54) is 0 Å². The molecule has 0 heterocycles. The van der Waals surface area contributed by atoms with Crippen LogP contribution in [0.25, 0.3) is 0 Å². The Hall–Kier alpha value is -0.970. The van der Waals surface area contributed by atoms with Crippen molar-refractivity contribution in [2.75, 3.05) is 13.2 Å². The van der Waals surface area contributed by atoms with Crippen LogP contribution in [0.2, 0.25) is 10.0 Å². The van der Waals surface area contributed by atoms with Gasteiger partial charge in [0.25, 0.3) is 0 Å². The third-order valence-electron chi connectivity index (χ3n) is 1.85. The first-order chi connectivity index (χ1) is 7.63. The number of hydrogen-bond donors (Lipinski definition) is 3. The minimum absolute atomic E-state index is 0.0882. The van der Waals surface area contributed by atoms with E-state index < -0.39 is 0 Å². The smallest absolute Gasteiger partial charge is 0.315 e. The highest BCUT2D eigenvalue weighted by molar-refractivity contribution is 6.35. The second kappa shape index (κ2) is 6.58. The van der Waals surface area contributed by atoms with E-state index in [0.717, 1.165) is 5.56 Å². The molecule has 0 aliphatic rings. The van der Waals surface area contributed by atoms with Gasteiger partial charge in [-0.1, -0.05) is 29.3 Å². The van der Waals surface area contributed by atoms with Gasteiger partial charge in [-0.15, -0.1) is 0 Å². The van der Waals surface area contributed by atoms with Gasteiger partial charge in [0.2, 0.25) is 0 Å². The van der Waals surface area contributed by atoms with Crippen molar-refractivity contribution >= 4 is 29.2 Å². The number of carbonyl (C=O) groups excluding carboxylic acids is 1. The SMILES string of the molecule is O=C(NCCO)NCc1ccc(Cl)cc1Cl. The lowest BCUT2D eigenvalue weighted by molar-refractivity contribution is 0.234. The Morgan fingerprint density at radius 1 is 1.31 bits per heavy atom. The van der Waals surface area contributed by atoms with Crippen molar-refractivity contribution in [3.05, 3.63) is 33.8 Å². The highest BCUT2D eigenvalue weighted by Crippen LogP contribution is 2.20. The summed E-state index contributed by atoms with van der Waals surface area (Å²) < 4.78 is 0. The maximum Gasteiger partial charge on any atom is 0.315 e. The van der Waals surface area contributed by atoms with Crippen LogP contribution in [0.4, 0.5) is 4.79 Å². The molecule has 16 heavy (non-hydrogen) atoms. The molecule has 0 aliphatic heterocycles. The Kier molecular flexibility index (Phi) is 5.38. The molecular formula is C10H12Cl2N2O2. The molecule has 0 radical (unpaired) electrons. The number of aliphatic hydroxyl groups is 1. The molecule has 0 aliphatic carbocycles. The summed E-state index contributed by atoms with van der Waals surface area (Å²) >= 11 is 11.7. The van der Waals surface area contributed by atoms with Gasteiger partial charge in [-0.05, 0) is 17.7 Å². The predicted molar refractivity (Wildman–Crippen MR) is 63.8 cm³/mol. The Morgan fingerprint density at radius 3 is 2.69 bits per heavy atom. The summed E-state index contributed by atoms with van der Waals surface area (Å²) in [6.07, 6.45) is 0. The molecule has 1 aromatic carbocycles. The molecular weight excluding hydrogens is 251 g/mol. The first kappa shape index (κ1) is 13.1. The molecule has 0 fully saturated rings. The van der Waals surface area contributed by atoms with Gasteiger partial charge in [0.05, 0.1) is 6.61 Å². The third kappa shape index (κ3) is 4.26. The van der Waals surface area contributed by atoms with Crippen molar-refractivity contribution in [3.8, 4) is 0 Å². The van der Waals surface area contributed by atoms with E-state index in [4.69, 9.17) is 28.3 Å². The third-order valence-corrected chi connectivity index (χ3v) is 2.44. The Morgan fingerprint density at radius 2 is 2.06 bits per heavy atom. The molecule has 1 rings (SSSR count). The Balaban J connectivity index is 2.45. The van der Waals surface area contributed by atoms with E-state index in [9.17, 15) is 4.79 Å². The van der Waals surface area contributed by atoms with Crippen molar-refractivity contribution in [1.82, 2.24) is 10.6 Å². The molecule has 0 unspecified atom stereocenters. The summed E-state index contributed by atoms with van der Waals surface area (Å²) in [4.78, 5) is 11.2. The van der Waals surface area contributed by atoms with Crippen molar-refractivity contribution < 1.29 is 9.90 Å². The highest BCUT2D eigenvalue weighted by Gasteiger charge is 2.03. The zero-order valence-corrected chi connectivity index (χ0v) is 9.98. The summed E-state index contributed by atoms with van der Waals surface area (Å²) in [7, 11) is 0. The molecule has 0 atom stereocenters. The molecule has 0 saturated carbocycles. The van der Waals surface area contributed by atoms with Gasteiger partial charge in [0, 0.05) is 23.1 Å². The fraction of sp³-hybridized carbons (Fsp3) is 0.300. The fourth-order valence-electron chi connectivity index (χ4n) is 1.07. The first-order valence-electron chi connectivity index (χ1n) is 4.70. The van der Waals surface area contributed by atoms with Gasteiger partial charge in [-0.2, -0.15) is 0 Å². The van der Waals surface area contributed by atoms with Gasteiger partial charge in [0.15, 0.2) is 0 Å². The summed E-state index contributed by atoms with van der Waals surface area (Å²) in [6.45, 7) is 0.447. The lowest BCUT2D eigenvalue weighted by Gasteiger charge is -2.08. The number of benzene rings is 1. The molecule has 2 amide bonds. The van der Waals surface area contributed by atoms with E-state index in [1.54, 1.807) is 18.2 Å². The normalized spacial score (nSPS) is 9.94. The molecule has 88 valence electrons. The molecule has 6 heteroatoms. The van der Waals surface area contributed by atoms with Crippen LogP contribution < -0.4 is 10.6 Å². The topological polar surface area (TPSA) is 61.4 Å². The highest BCUT2D eigenvalue weighted by atomic mass is 35.5. The van der Waals surface area contributed by atoms with E-state index in [-0.39, 0.29) is 19.2 Å². The van der Waals surface area contributed by atoms with Crippen LogP contribution in [-0.2, 0) is 6.54 Å². The average molecular weight is 263 g/mol. The number of amides is 2. The van der Waals surface area contributed by atoms with E-state index in [0.29, 0.717) is 16.6 Å². The molecule has 0 spiro atoms. The van der Waals surface area contributed by atoms with Crippen molar-refractivity contribution in [2.45, 2.75) is 6.54 Å². The van der Waals surface area contributed by atoms with E-state index >= 15 is 0 Å². The van der Waals surface area contributed by atoms with Crippen LogP contribution in [-0.4, -0.2) is 24.3 Å². The van der Waals surface area contributed by atoms with Gasteiger partial charge in [-0.25, -0.2) is 4.79 Å². The minimum atomic E-state index is -0.347. The molecule has 3 N–H and O–H groups in total. The number of urea groups is 1. The number of nitrogens with one attached hydrogen (secondary N) is 2. The predicted octanol–water partition coefficient (Wildman–Crippen LogP) is 1.78. The standard InChI is InChI=1S/C10H12Cl2N2O2/c11-8-2-1-7(9(12)5-8)6-14-10(16)13-3-4-15/h1-2,5,15H,3-4,6H2,(H2,13,14,16). The number of rotatable bonds is 4. The molecule has 0 bridgehead atoms. The molecule has 1 aromatic rings. The van der Waals surface area contributed by atoms with Crippen LogP contribution in [0.5, 0.6) is 0 Å². The maximum atomic E-state index is 11.2. The first-order valence-corrected chi connectivity index (χ1v) is 5.45. The van der Waals surface area contributed by atoms with Gasteiger partial charge in [0.1, 0.15) is 0 Å². The van der Waals surface area contributed by atoms with E-state index in [1.807, 2.05) is 0 Å². The summed E-state index contributed by atoms with van der Waals surface area (Å²) in [5, 5.41) is 14.6. The number of carbonyl (C=O) groups is 1. The molecule has 0 saturated heterocycles. The van der Waals surface area contributed by atoms with E-state index in [2.05, 4.69) is 10.6 Å². The van der Waals surface area contributed by atoms with Crippen LogP contribution in [0.3, 0.4) is 0 Å². The van der Waals surface area contributed by atoms with Gasteiger partial charge in [-0.3, -0.25) is 0 Å². The lowest BCUT2D eigenvalue weighted by Crippen LogP contribution is -2.36. The van der Waals surface area contributed by atoms with Crippen LogP contribution >= 0.6 is 23.2 Å².